The standard InChI is InChI=1S/C12H15N3O/c13-10-5-8-7-14-15-11(8)6-12(10)16-9-3-1-2-4-9/h5-7,9H,1-4,13H2,(H,14,15). The minimum Gasteiger partial charge on any atom is -0.488 e. The molecule has 0 spiro atoms. The molecule has 3 N–H and O–H groups in total. The maximum atomic E-state index is 5.96. The number of hydrogen-bond donors (Lipinski definition) is 2. The highest BCUT2D eigenvalue weighted by atomic mass is 16.5. The molecule has 4 heteroatoms. The van der Waals surface area contributed by atoms with Crippen molar-refractivity contribution in [2.45, 2.75) is 31.8 Å². The topological polar surface area (TPSA) is 63.9 Å². The Hall–Kier alpha value is -1.71. The van der Waals surface area contributed by atoms with Crippen LogP contribution in [0.15, 0.2) is 18.3 Å². The zero-order chi connectivity index (χ0) is 11.0. The quantitative estimate of drug-likeness (QED) is 0.759. The molecule has 0 atom stereocenters. The van der Waals surface area contributed by atoms with Gasteiger partial charge in [-0.1, -0.05) is 0 Å². The van der Waals surface area contributed by atoms with E-state index in [9.17, 15) is 0 Å². The summed E-state index contributed by atoms with van der Waals surface area (Å²) in [6.07, 6.45) is 6.90. The van der Waals surface area contributed by atoms with Gasteiger partial charge in [0, 0.05) is 11.5 Å². The van der Waals surface area contributed by atoms with Crippen LogP contribution in [0, 0.1) is 0 Å². The van der Waals surface area contributed by atoms with E-state index in [1.54, 1.807) is 6.20 Å². The number of anilines is 1. The Balaban J connectivity index is 1.92. The number of nitrogens with one attached hydrogen (secondary N) is 1. The molecule has 0 saturated heterocycles. The first-order valence-corrected chi connectivity index (χ1v) is 5.72. The summed E-state index contributed by atoms with van der Waals surface area (Å²) in [4.78, 5) is 0. The van der Waals surface area contributed by atoms with E-state index in [0.29, 0.717) is 11.8 Å². The molecule has 1 saturated carbocycles. The summed E-state index contributed by atoms with van der Waals surface area (Å²) in [6.45, 7) is 0. The smallest absolute Gasteiger partial charge is 0.144 e. The van der Waals surface area contributed by atoms with Gasteiger partial charge >= 0.3 is 0 Å². The zero-order valence-electron chi connectivity index (χ0n) is 9.07. The van der Waals surface area contributed by atoms with E-state index in [1.807, 2.05) is 12.1 Å². The Bertz CT molecular complexity index is 500. The molecule has 0 unspecified atom stereocenters. The van der Waals surface area contributed by atoms with Crippen LogP contribution in [-0.4, -0.2) is 16.3 Å². The minimum atomic E-state index is 0.336. The molecule has 0 bridgehead atoms. The Morgan fingerprint density at radius 2 is 2.12 bits per heavy atom. The molecule has 16 heavy (non-hydrogen) atoms. The first kappa shape index (κ1) is 9.51. The molecule has 4 nitrogen and oxygen atoms in total. The van der Waals surface area contributed by atoms with Crippen molar-refractivity contribution < 1.29 is 4.74 Å². The lowest BCUT2D eigenvalue weighted by Crippen LogP contribution is -2.11. The number of H-pyrrole nitrogens is 1. The lowest BCUT2D eigenvalue weighted by molar-refractivity contribution is 0.211. The number of nitrogens with two attached hydrogens (primary N) is 1. The van der Waals surface area contributed by atoms with Crippen LogP contribution in [0.4, 0.5) is 5.69 Å². The van der Waals surface area contributed by atoms with E-state index < -0.39 is 0 Å². The highest BCUT2D eigenvalue weighted by Crippen LogP contribution is 2.31. The monoisotopic (exact) mass is 217 g/mol. The van der Waals surface area contributed by atoms with Gasteiger partial charge in [0.05, 0.1) is 23.5 Å². The normalized spacial score (nSPS) is 17.0. The summed E-state index contributed by atoms with van der Waals surface area (Å²) >= 11 is 0. The van der Waals surface area contributed by atoms with Crippen LogP contribution in [0.3, 0.4) is 0 Å². The molecule has 0 radical (unpaired) electrons. The van der Waals surface area contributed by atoms with Crippen LogP contribution < -0.4 is 10.5 Å². The Morgan fingerprint density at radius 1 is 1.31 bits per heavy atom. The van der Waals surface area contributed by atoms with Crippen molar-refractivity contribution in [1.29, 1.82) is 0 Å². The SMILES string of the molecule is Nc1cc2cn[nH]c2cc1OC1CCCC1. The van der Waals surface area contributed by atoms with Crippen LogP contribution in [0.25, 0.3) is 10.9 Å². The average molecular weight is 217 g/mol. The van der Waals surface area contributed by atoms with Crippen molar-refractivity contribution in [3.63, 3.8) is 0 Å². The summed E-state index contributed by atoms with van der Waals surface area (Å²) < 4.78 is 5.91. The number of nitrogens with zero attached hydrogens (tertiary/aromatic N) is 1. The van der Waals surface area contributed by atoms with Gasteiger partial charge in [0.25, 0.3) is 0 Å². The van der Waals surface area contributed by atoms with Gasteiger partial charge in [-0.3, -0.25) is 5.10 Å². The summed E-state index contributed by atoms with van der Waals surface area (Å²) in [5.41, 5.74) is 7.63. The van der Waals surface area contributed by atoms with Crippen LogP contribution in [0.2, 0.25) is 0 Å². The maximum Gasteiger partial charge on any atom is 0.144 e. The van der Waals surface area contributed by atoms with E-state index in [-0.39, 0.29) is 0 Å². The van der Waals surface area contributed by atoms with Gasteiger partial charge in [-0.2, -0.15) is 5.10 Å². The lowest BCUT2D eigenvalue weighted by Gasteiger charge is -2.14. The molecule has 84 valence electrons. The first-order valence-electron chi connectivity index (χ1n) is 5.72. The second-order valence-corrected chi connectivity index (χ2v) is 4.37. The number of nitrogen functional groups attached to an aromatic ring is 1. The number of benzene rings is 1. The Morgan fingerprint density at radius 3 is 2.94 bits per heavy atom. The van der Waals surface area contributed by atoms with Crippen LogP contribution in [0.5, 0.6) is 5.75 Å². The van der Waals surface area contributed by atoms with Gasteiger partial charge in [-0.05, 0) is 31.7 Å². The van der Waals surface area contributed by atoms with Crippen molar-refractivity contribution in [2.75, 3.05) is 5.73 Å². The maximum absolute atomic E-state index is 5.96. The highest BCUT2D eigenvalue weighted by Gasteiger charge is 2.17. The van der Waals surface area contributed by atoms with E-state index in [0.717, 1.165) is 29.5 Å². The second kappa shape index (κ2) is 3.70. The predicted octanol–water partition coefficient (Wildman–Crippen LogP) is 2.47. The van der Waals surface area contributed by atoms with Crippen molar-refractivity contribution in [1.82, 2.24) is 10.2 Å². The zero-order valence-corrected chi connectivity index (χ0v) is 9.07. The molecule has 0 amide bonds. The number of aromatic nitrogens is 2. The van der Waals surface area contributed by atoms with Crippen LogP contribution in [0.1, 0.15) is 25.7 Å². The van der Waals surface area contributed by atoms with Crippen molar-refractivity contribution in [2.24, 2.45) is 0 Å². The summed E-state index contributed by atoms with van der Waals surface area (Å²) in [5.74, 6) is 0.781. The number of aromatic amines is 1. The van der Waals surface area contributed by atoms with E-state index in [4.69, 9.17) is 10.5 Å². The number of ether oxygens (including phenoxy) is 1. The fraction of sp³-hybridized carbons (Fsp3) is 0.417. The fourth-order valence-electron chi connectivity index (χ4n) is 2.28. The lowest BCUT2D eigenvalue weighted by atomic mass is 10.2. The van der Waals surface area contributed by atoms with Gasteiger partial charge in [0.1, 0.15) is 5.75 Å². The average Bonchev–Trinajstić information content (AvgIpc) is 2.89. The second-order valence-electron chi connectivity index (χ2n) is 4.37. The largest absolute Gasteiger partial charge is 0.488 e. The third-order valence-corrected chi connectivity index (χ3v) is 3.17. The summed E-state index contributed by atoms with van der Waals surface area (Å²) in [5, 5.41) is 7.93. The highest BCUT2D eigenvalue weighted by molar-refractivity contribution is 5.84. The molecular weight excluding hydrogens is 202 g/mol. The predicted molar refractivity (Wildman–Crippen MR) is 63.4 cm³/mol. The van der Waals surface area contributed by atoms with E-state index in [1.165, 1.54) is 12.8 Å². The molecule has 0 aliphatic heterocycles. The molecule has 1 aliphatic rings. The Labute approximate surface area is 93.8 Å². The van der Waals surface area contributed by atoms with Gasteiger partial charge < -0.3 is 10.5 Å². The van der Waals surface area contributed by atoms with E-state index in [2.05, 4.69) is 10.2 Å². The number of rotatable bonds is 2. The molecular formula is C12H15N3O. The van der Waals surface area contributed by atoms with Gasteiger partial charge in [-0.25, -0.2) is 0 Å². The van der Waals surface area contributed by atoms with Crippen molar-refractivity contribution >= 4 is 16.6 Å². The van der Waals surface area contributed by atoms with Gasteiger partial charge in [-0.15, -0.1) is 0 Å². The van der Waals surface area contributed by atoms with Gasteiger partial charge in [0.15, 0.2) is 0 Å². The molecule has 1 heterocycles. The van der Waals surface area contributed by atoms with Crippen LogP contribution >= 0.6 is 0 Å². The molecule has 2 aromatic rings. The minimum absolute atomic E-state index is 0.336. The molecule has 1 aromatic heterocycles. The van der Waals surface area contributed by atoms with E-state index >= 15 is 0 Å². The summed E-state index contributed by atoms with van der Waals surface area (Å²) in [7, 11) is 0. The van der Waals surface area contributed by atoms with Crippen LogP contribution in [-0.2, 0) is 0 Å². The molecule has 1 fully saturated rings. The van der Waals surface area contributed by atoms with Crippen molar-refractivity contribution in [3.8, 4) is 5.75 Å². The molecule has 1 aliphatic carbocycles. The Kier molecular flexibility index (Phi) is 2.20. The summed E-state index contributed by atoms with van der Waals surface area (Å²) in [6, 6.07) is 3.85. The molecule has 1 aromatic carbocycles. The fourth-order valence-corrected chi connectivity index (χ4v) is 2.28. The van der Waals surface area contributed by atoms with Crippen molar-refractivity contribution in [3.05, 3.63) is 18.3 Å². The molecule has 3 rings (SSSR count). The third kappa shape index (κ3) is 1.60. The number of fused-ring (bicyclic) bond motifs is 1. The van der Waals surface area contributed by atoms with Gasteiger partial charge in [0.2, 0.25) is 0 Å². The first-order chi connectivity index (χ1) is 7.83. The third-order valence-electron chi connectivity index (χ3n) is 3.17. The number of hydrogen-bond acceptors (Lipinski definition) is 3.